The number of nitrogens with two attached hydrogens (primary N) is 1. The number of rotatable bonds is 3. The van der Waals surface area contributed by atoms with Crippen molar-refractivity contribution >= 4 is 22.5 Å². The molecule has 4 rings (SSSR count). The number of benzene rings is 2. The van der Waals surface area contributed by atoms with E-state index in [1.54, 1.807) is 12.3 Å². The van der Waals surface area contributed by atoms with Crippen molar-refractivity contribution in [3.8, 4) is 16.9 Å². The lowest BCUT2D eigenvalue weighted by Gasteiger charge is -2.05. The van der Waals surface area contributed by atoms with Gasteiger partial charge in [0.2, 0.25) is 0 Å². The van der Waals surface area contributed by atoms with E-state index in [1.807, 2.05) is 24.3 Å². The number of ketones is 1. The van der Waals surface area contributed by atoms with Crippen LogP contribution in [0.25, 0.3) is 22.2 Å². The molecule has 128 valence electrons. The van der Waals surface area contributed by atoms with Crippen molar-refractivity contribution in [1.82, 2.24) is 9.97 Å². The van der Waals surface area contributed by atoms with Gasteiger partial charge in [-0.2, -0.15) is 0 Å². The third kappa shape index (κ3) is 2.57. The maximum Gasteiger partial charge on any atom is 0.198 e. The average molecular weight is 347 g/mol. The van der Waals surface area contributed by atoms with Gasteiger partial charge in [0.15, 0.2) is 17.3 Å². The summed E-state index contributed by atoms with van der Waals surface area (Å²) in [5, 5.41) is 10.1. The van der Waals surface area contributed by atoms with Crippen LogP contribution < -0.4 is 5.73 Å². The first-order valence-corrected chi connectivity index (χ1v) is 7.90. The van der Waals surface area contributed by atoms with Crippen LogP contribution in [-0.4, -0.2) is 20.9 Å². The van der Waals surface area contributed by atoms with Crippen molar-refractivity contribution in [1.29, 1.82) is 0 Å². The molecule has 0 unspecified atom stereocenters. The number of halogens is 1. The number of nitrogens with zero attached hydrogens (tertiary/aromatic N) is 1. The highest BCUT2D eigenvalue weighted by atomic mass is 19.1. The fourth-order valence-electron chi connectivity index (χ4n) is 2.91. The van der Waals surface area contributed by atoms with Gasteiger partial charge in [0.1, 0.15) is 5.65 Å². The van der Waals surface area contributed by atoms with E-state index in [9.17, 15) is 14.3 Å². The van der Waals surface area contributed by atoms with Gasteiger partial charge in [-0.1, -0.05) is 18.2 Å². The molecule has 0 radical (unpaired) electrons. The number of phenols is 1. The van der Waals surface area contributed by atoms with Crippen molar-refractivity contribution in [2.75, 3.05) is 5.73 Å². The first-order chi connectivity index (χ1) is 12.5. The lowest BCUT2D eigenvalue weighted by Crippen LogP contribution is -2.03. The molecule has 0 amide bonds. The molecular weight excluding hydrogens is 333 g/mol. The summed E-state index contributed by atoms with van der Waals surface area (Å²) in [4.78, 5) is 20.0. The van der Waals surface area contributed by atoms with Crippen molar-refractivity contribution in [3.63, 3.8) is 0 Å². The molecule has 5 nitrogen and oxygen atoms in total. The van der Waals surface area contributed by atoms with Crippen LogP contribution in [0.1, 0.15) is 15.9 Å². The number of hydrogen-bond acceptors (Lipinski definition) is 4. The summed E-state index contributed by atoms with van der Waals surface area (Å²) in [6.07, 6.45) is 3.17. The van der Waals surface area contributed by atoms with Gasteiger partial charge in [-0.25, -0.2) is 9.37 Å². The predicted octanol–water partition coefficient (Wildman–Crippen LogP) is 3.89. The SMILES string of the molecule is Nc1cccc(-c2cnc3[nH]cc(C(=O)c4cccc(O)c4F)c3c2)c1. The van der Waals surface area contributed by atoms with Gasteiger partial charge in [0.25, 0.3) is 0 Å². The number of nitrogens with one attached hydrogen (secondary N) is 1. The highest BCUT2D eigenvalue weighted by molar-refractivity contribution is 6.16. The Labute approximate surface area is 147 Å². The summed E-state index contributed by atoms with van der Waals surface area (Å²) in [6, 6.07) is 13.1. The second-order valence-electron chi connectivity index (χ2n) is 5.92. The Bertz CT molecular complexity index is 1150. The summed E-state index contributed by atoms with van der Waals surface area (Å²) in [7, 11) is 0. The Morgan fingerprint density at radius 3 is 2.69 bits per heavy atom. The molecule has 0 bridgehead atoms. The molecule has 0 aliphatic carbocycles. The zero-order valence-corrected chi connectivity index (χ0v) is 13.5. The average Bonchev–Trinajstić information content (AvgIpc) is 3.06. The monoisotopic (exact) mass is 347 g/mol. The van der Waals surface area contributed by atoms with Crippen LogP contribution in [0.2, 0.25) is 0 Å². The summed E-state index contributed by atoms with van der Waals surface area (Å²) in [5.74, 6) is -2.03. The molecule has 0 fully saturated rings. The zero-order valence-electron chi connectivity index (χ0n) is 13.5. The zero-order chi connectivity index (χ0) is 18.3. The molecular formula is C20H14FN3O2. The van der Waals surface area contributed by atoms with E-state index in [0.717, 1.165) is 11.1 Å². The Morgan fingerprint density at radius 1 is 1.08 bits per heavy atom. The van der Waals surface area contributed by atoms with E-state index >= 15 is 0 Å². The number of pyridine rings is 1. The molecule has 2 aromatic carbocycles. The minimum absolute atomic E-state index is 0.194. The van der Waals surface area contributed by atoms with Crippen molar-refractivity contribution in [3.05, 3.63) is 77.9 Å². The van der Waals surface area contributed by atoms with E-state index < -0.39 is 17.3 Å². The molecule has 4 N–H and O–H groups in total. The molecule has 6 heteroatoms. The normalized spacial score (nSPS) is 11.0. The third-order valence-corrected chi connectivity index (χ3v) is 4.22. The molecule has 0 atom stereocenters. The lowest BCUT2D eigenvalue weighted by molar-refractivity contribution is 0.103. The number of anilines is 1. The van der Waals surface area contributed by atoms with Crippen LogP contribution in [0.4, 0.5) is 10.1 Å². The molecule has 0 aliphatic heterocycles. The number of aromatic nitrogens is 2. The van der Waals surface area contributed by atoms with Gasteiger partial charge in [-0.15, -0.1) is 0 Å². The second kappa shape index (κ2) is 6.00. The maximum atomic E-state index is 14.1. The fraction of sp³-hybridized carbons (Fsp3) is 0. The van der Waals surface area contributed by atoms with Gasteiger partial charge in [0.05, 0.1) is 5.56 Å². The lowest BCUT2D eigenvalue weighted by atomic mass is 10.0. The Hall–Kier alpha value is -3.67. The van der Waals surface area contributed by atoms with Gasteiger partial charge in [0, 0.05) is 34.6 Å². The molecule has 2 aromatic heterocycles. The summed E-state index contributed by atoms with van der Waals surface area (Å²) in [5.41, 5.74) is 8.70. The Kier molecular flexibility index (Phi) is 3.65. The number of nitrogen functional groups attached to an aromatic ring is 1. The molecule has 0 saturated heterocycles. The molecule has 0 saturated carbocycles. The molecule has 0 aliphatic rings. The van der Waals surface area contributed by atoms with Gasteiger partial charge in [-0.3, -0.25) is 4.79 Å². The Morgan fingerprint density at radius 2 is 1.88 bits per heavy atom. The number of aromatic amines is 1. The highest BCUT2D eigenvalue weighted by Crippen LogP contribution is 2.28. The quantitative estimate of drug-likeness (QED) is 0.387. The predicted molar refractivity (Wildman–Crippen MR) is 97.4 cm³/mol. The number of phenolic OH excluding ortho intramolecular Hbond substituents is 1. The number of hydrogen-bond donors (Lipinski definition) is 3. The summed E-state index contributed by atoms with van der Waals surface area (Å²) < 4.78 is 14.1. The van der Waals surface area contributed by atoms with Crippen LogP contribution >= 0.6 is 0 Å². The van der Waals surface area contributed by atoms with Crippen molar-refractivity contribution in [2.45, 2.75) is 0 Å². The van der Waals surface area contributed by atoms with Crippen molar-refractivity contribution < 1.29 is 14.3 Å². The fourth-order valence-corrected chi connectivity index (χ4v) is 2.91. The van der Waals surface area contributed by atoms with E-state index in [0.29, 0.717) is 16.7 Å². The van der Waals surface area contributed by atoms with Crippen LogP contribution in [0, 0.1) is 5.82 Å². The maximum absolute atomic E-state index is 14.1. The standard InChI is InChI=1S/C20H14FN3O2/c21-18-14(5-2-6-17(18)25)19(26)16-10-24-20-15(16)8-12(9-23-20)11-3-1-4-13(22)7-11/h1-10,25H,22H2,(H,23,24). The number of aromatic hydroxyl groups is 1. The Balaban J connectivity index is 1.85. The largest absolute Gasteiger partial charge is 0.505 e. The van der Waals surface area contributed by atoms with Gasteiger partial charge in [-0.05, 0) is 35.9 Å². The van der Waals surface area contributed by atoms with E-state index in [2.05, 4.69) is 9.97 Å². The number of carbonyl (C=O) groups excluding carboxylic acids is 1. The molecule has 0 spiro atoms. The van der Waals surface area contributed by atoms with Crippen LogP contribution in [-0.2, 0) is 0 Å². The number of fused-ring (bicyclic) bond motifs is 1. The molecule has 26 heavy (non-hydrogen) atoms. The van der Waals surface area contributed by atoms with Crippen LogP contribution in [0.15, 0.2) is 60.9 Å². The van der Waals surface area contributed by atoms with Gasteiger partial charge < -0.3 is 15.8 Å². The third-order valence-electron chi connectivity index (χ3n) is 4.22. The number of H-pyrrole nitrogens is 1. The van der Waals surface area contributed by atoms with E-state index in [1.165, 1.54) is 24.4 Å². The van der Waals surface area contributed by atoms with E-state index in [4.69, 9.17) is 5.73 Å². The van der Waals surface area contributed by atoms with E-state index in [-0.39, 0.29) is 11.1 Å². The molecule has 4 aromatic rings. The smallest absolute Gasteiger partial charge is 0.198 e. The topological polar surface area (TPSA) is 92.0 Å². The minimum atomic E-state index is -0.938. The highest BCUT2D eigenvalue weighted by Gasteiger charge is 2.20. The van der Waals surface area contributed by atoms with Crippen LogP contribution in [0.3, 0.4) is 0 Å². The minimum Gasteiger partial charge on any atom is -0.505 e. The summed E-state index contributed by atoms with van der Waals surface area (Å²) in [6.45, 7) is 0. The second-order valence-corrected chi connectivity index (χ2v) is 5.92. The molecule has 2 heterocycles. The first-order valence-electron chi connectivity index (χ1n) is 7.90. The summed E-state index contributed by atoms with van der Waals surface area (Å²) >= 11 is 0. The first kappa shape index (κ1) is 15.8. The van der Waals surface area contributed by atoms with Gasteiger partial charge >= 0.3 is 0 Å². The number of carbonyl (C=O) groups is 1. The van der Waals surface area contributed by atoms with Crippen molar-refractivity contribution in [2.24, 2.45) is 0 Å². The van der Waals surface area contributed by atoms with Crippen LogP contribution in [0.5, 0.6) is 5.75 Å².